The molecule has 1 heterocycles. The number of para-hydroxylation sites is 1. The average molecular weight is 463 g/mol. The van der Waals surface area contributed by atoms with Crippen LogP contribution in [0.25, 0.3) is 22.2 Å². The zero-order valence-corrected chi connectivity index (χ0v) is 17.0. The molecule has 0 bridgehead atoms. The number of anilines is 1. The molecule has 0 aliphatic carbocycles. The van der Waals surface area contributed by atoms with E-state index in [1.165, 1.54) is 0 Å². The molecule has 32 heavy (non-hydrogen) atoms. The molecule has 1 N–H and O–H groups in total. The third-order valence-electron chi connectivity index (χ3n) is 4.93. The molecule has 0 saturated carbocycles. The van der Waals surface area contributed by atoms with Gasteiger partial charge < -0.3 is 5.32 Å². The molecule has 4 aromatic rings. The smallest absolute Gasteiger partial charge is 0.256 e. The normalized spacial score (nSPS) is 11.1. The maximum absolute atomic E-state index is 14.1. The molecular weight excluding hydrogens is 451 g/mol. The Hall–Kier alpha value is -3.52. The van der Waals surface area contributed by atoms with E-state index in [9.17, 15) is 26.7 Å². The van der Waals surface area contributed by atoms with E-state index in [1.54, 1.807) is 55.5 Å². The molecule has 0 fully saturated rings. The molecule has 3 nitrogen and oxygen atoms in total. The van der Waals surface area contributed by atoms with Gasteiger partial charge in [0, 0.05) is 16.0 Å². The number of nitrogens with one attached hydrogen (secondary N) is 1. The third kappa shape index (κ3) is 3.56. The molecule has 0 saturated heterocycles. The van der Waals surface area contributed by atoms with Gasteiger partial charge in [-0.25, -0.2) is 26.9 Å². The minimum Gasteiger partial charge on any atom is -0.317 e. The maximum Gasteiger partial charge on any atom is 0.256 e. The highest BCUT2D eigenvalue weighted by Crippen LogP contribution is 2.32. The molecule has 3 aromatic carbocycles. The van der Waals surface area contributed by atoms with Crippen LogP contribution >= 0.6 is 11.6 Å². The Morgan fingerprint density at radius 2 is 1.41 bits per heavy atom. The number of hydrogen-bond acceptors (Lipinski definition) is 2. The van der Waals surface area contributed by atoms with Gasteiger partial charge in [0.15, 0.2) is 23.3 Å². The Kier molecular flexibility index (Phi) is 5.56. The number of halogens is 6. The second-order valence-electron chi connectivity index (χ2n) is 6.88. The summed E-state index contributed by atoms with van der Waals surface area (Å²) in [5.41, 5.74) is 0.285. The van der Waals surface area contributed by atoms with Crippen molar-refractivity contribution in [3.8, 4) is 11.3 Å². The molecule has 1 amide bonds. The Balaban J connectivity index is 1.90. The number of pyridine rings is 1. The zero-order valence-electron chi connectivity index (χ0n) is 16.2. The number of carbonyl (C=O) groups is 1. The first-order chi connectivity index (χ1) is 15.2. The Labute approximate surface area is 183 Å². The number of aromatic nitrogens is 1. The average Bonchev–Trinajstić information content (AvgIpc) is 2.79. The van der Waals surface area contributed by atoms with Crippen LogP contribution in [-0.2, 0) is 0 Å². The first-order valence-electron chi connectivity index (χ1n) is 9.18. The SMILES string of the molecule is Cc1c(-c2ccc(Cl)cc2)nc2ccccc2c1C(=O)Nc1c(F)c(F)c(F)c(F)c1F. The van der Waals surface area contributed by atoms with Gasteiger partial charge in [-0.1, -0.05) is 41.9 Å². The van der Waals surface area contributed by atoms with E-state index < -0.39 is 40.7 Å². The number of benzene rings is 3. The van der Waals surface area contributed by atoms with Gasteiger partial charge in [0.1, 0.15) is 5.69 Å². The summed E-state index contributed by atoms with van der Waals surface area (Å²) in [6.45, 7) is 1.57. The van der Waals surface area contributed by atoms with E-state index in [4.69, 9.17) is 11.6 Å². The van der Waals surface area contributed by atoms with Crippen LogP contribution in [-0.4, -0.2) is 10.9 Å². The summed E-state index contributed by atoms with van der Waals surface area (Å²) in [7, 11) is 0. The van der Waals surface area contributed by atoms with Crippen LogP contribution in [0.5, 0.6) is 0 Å². The number of rotatable bonds is 3. The molecule has 0 aliphatic rings. The van der Waals surface area contributed by atoms with Crippen molar-refractivity contribution in [2.75, 3.05) is 5.32 Å². The lowest BCUT2D eigenvalue weighted by Gasteiger charge is -2.16. The van der Waals surface area contributed by atoms with Crippen LogP contribution in [0.4, 0.5) is 27.6 Å². The van der Waals surface area contributed by atoms with Crippen LogP contribution in [0.3, 0.4) is 0 Å². The minimum absolute atomic E-state index is 0.0236. The van der Waals surface area contributed by atoms with Gasteiger partial charge in [-0.05, 0) is 30.7 Å². The molecule has 1 aromatic heterocycles. The van der Waals surface area contributed by atoms with Gasteiger partial charge in [0.2, 0.25) is 5.82 Å². The van der Waals surface area contributed by atoms with E-state index in [0.717, 1.165) is 0 Å². The highest BCUT2D eigenvalue weighted by Gasteiger charge is 2.28. The molecule has 162 valence electrons. The number of amides is 1. The van der Waals surface area contributed by atoms with Crippen LogP contribution in [0.1, 0.15) is 15.9 Å². The van der Waals surface area contributed by atoms with Gasteiger partial charge in [-0.3, -0.25) is 4.79 Å². The van der Waals surface area contributed by atoms with Crippen molar-refractivity contribution in [3.05, 3.63) is 93.8 Å². The molecule has 0 atom stereocenters. The first kappa shape index (κ1) is 21.7. The van der Waals surface area contributed by atoms with Crippen LogP contribution in [0, 0.1) is 36.0 Å². The highest BCUT2D eigenvalue weighted by molar-refractivity contribution is 6.30. The number of fused-ring (bicyclic) bond motifs is 1. The number of hydrogen-bond donors (Lipinski definition) is 1. The molecule has 0 radical (unpaired) electrons. The van der Waals surface area contributed by atoms with E-state index in [0.29, 0.717) is 32.7 Å². The summed E-state index contributed by atoms with van der Waals surface area (Å²) in [4.78, 5) is 17.6. The van der Waals surface area contributed by atoms with Crippen molar-refractivity contribution in [2.24, 2.45) is 0 Å². The second kappa shape index (κ2) is 8.20. The molecule has 4 rings (SSSR count). The monoisotopic (exact) mass is 462 g/mol. The largest absolute Gasteiger partial charge is 0.317 e. The van der Waals surface area contributed by atoms with Crippen molar-refractivity contribution < 1.29 is 26.7 Å². The number of carbonyl (C=O) groups excluding carboxylic acids is 1. The van der Waals surface area contributed by atoms with E-state index in [-0.39, 0.29) is 5.56 Å². The van der Waals surface area contributed by atoms with Gasteiger partial charge in [-0.2, -0.15) is 0 Å². The molecule has 0 spiro atoms. The van der Waals surface area contributed by atoms with Crippen molar-refractivity contribution in [1.29, 1.82) is 0 Å². The highest BCUT2D eigenvalue weighted by atomic mass is 35.5. The van der Waals surface area contributed by atoms with Crippen molar-refractivity contribution in [3.63, 3.8) is 0 Å². The van der Waals surface area contributed by atoms with Crippen LogP contribution in [0.15, 0.2) is 48.5 Å². The van der Waals surface area contributed by atoms with Crippen molar-refractivity contribution in [2.45, 2.75) is 6.92 Å². The van der Waals surface area contributed by atoms with Gasteiger partial charge in [-0.15, -0.1) is 0 Å². The fourth-order valence-corrected chi connectivity index (χ4v) is 3.51. The van der Waals surface area contributed by atoms with Gasteiger partial charge in [0.05, 0.1) is 16.8 Å². The summed E-state index contributed by atoms with van der Waals surface area (Å²) in [5, 5.41) is 2.66. The molecule has 0 aliphatic heterocycles. The van der Waals surface area contributed by atoms with Crippen LogP contribution < -0.4 is 5.32 Å². The maximum atomic E-state index is 14.1. The standard InChI is InChI=1S/C23H12ClF5N2O/c1-10-15(23(32)31-22-19(28)17(26)16(25)18(27)20(22)29)13-4-2-3-5-14(13)30-21(10)11-6-8-12(24)9-7-11/h2-9H,1H3,(H,31,32). The summed E-state index contributed by atoms with van der Waals surface area (Å²) in [6, 6.07) is 13.1. The molecule has 9 heteroatoms. The lowest BCUT2D eigenvalue weighted by Crippen LogP contribution is -2.19. The van der Waals surface area contributed by atoms with E-state index in [1.807, 2.05) is 5.32 Å². The second-order valence-corrected chi connectivity index (χ2v) is 7.32. The van der Waals surface area contributed by atoms with E-state index in [2.05, 4.69) is 4.98 Å². The van der Waals surface area contributed by atoms with Crippen LogP contribution in [0.2, 0.25) is 5.02 Å². The summed E-state index contributed by atoms with van der Waals surface area (Å²) in [5.74, 6) is -11.9. The minimum atomic E-state index is -2.31. The predicted molar refractivity (Wildman–Crippen MR) is 111 cm³/mol. The van der Waals surface area contributed by atoms with Gasteiger partial charge >= 0.3 is 0 Å². The third-order valence-corrected chi connectivity index (χ3v) is 5.18. The quantitative estimate of drug-likeness (QED) is 0.206. The lowest BCUT2D eigenvalue weighted by atomic mass is 9.97. The van der Waals surface area contributed by atoms with Crippen molar-refractivity contribution >= 4 is 34.1 Å². The Morgan fingerprint density at radius 3 is 2.03 bits per heavy atom. The first-order valence-corrected chi connectivity index (χ1v) is 9.56. The summed E-state index contributed by atoms with van der Waals surface area (Å²) >= 11 is 5.93. The fourth-order valence-electron chi connectivity index (χ4n) is 3.38. The zero-order chi connectivity index (χ0) is 23.2. The topological polar surface area (TPSA) is 42.0 Å². The Bertz CT molecular complexity index is 1360. The Morgan fingerprint density at radius 1 is 0.844 bits per heavy atom. The molecular formula is C23H12ClF5N2O. The van der Waals surface area contributed by atoms with Crippen molar-refractivity contribution in [1.82, 2.24) is 4.98 Å². The van der Waals surface area contributed by atoms with Gasteiger partial charge in [0.25, 0.3) is 5.91 Å². The number of nitrogens with zero attached hydrogens (tertiary/aromatic N) is 1. The van der Waals surface area contributed by atoms with E-state index >= 15 is 0 Å². The summed E-state index contributed by atoms with van der Waals surface area (Å²) in [6.07, 6.45) is 0. The lowest BCUT2D eigenvalue weighted by molar-refractivity contribution is 0.102. The summed E-state index contributed by atoms with van der Waals surface area (Å²) < 4.78 is 68.7. The predicted octanol–water partition coefficient (Wildman–Crippen LogP) is 6.81. The molecule has 0 unspecified atom stereocenters. The fraction of sp³-hybridized carbons (Fsp3) is 0.0435.